The van der Waals surface area contributed by atoms with E-state index >= 15 is 0 Å². The predicted molar refractivity (Wildman–Crippen MR) is 107 cm³/mol. The molecule has 1 N–H and O–H groups in total. The number of nitrogens with zero attached hydrogens (tertiary/aromatic N) is 5. The van der Waals surface area contributed by atoms with Crippen molar-refractivity contribution >= 4 is 16.9 Å². The highest BCUT2D eigenvalue weighted by molar-refractivity contribution is 5.80. The molecule has 0 amide bonds. The van der Waals surface area contributed by atoms with E-state index in [0.717, 1.165) is 0 Å². The zero-order valence-corrected chi connectivity index (χ0v) is 15.7. The summed E-state index contributed by atoms with van der Waals surface area (Å²) in [5, 5.41) is 20.4. The molecule has 0 saturated carbocycles. The molecular formula is C20H14N6O4. The average molecular weight is 402 g/mol. The molecular weight excluding hydrogens is 388 g/mol. The monoisotopic (exact) mass is 402 g/mol. The number of rotatable bonds is 5. The van der Waals surface area contributed by atoms with Crippen LogP contribution in [0.1, 0.15) is 12.6 Å². The Morgan fingerprint density at radius 1 is 1.17 bits per heavy atom. The van der Waals surface area contributed by atoms with E-state index < -0.39 is 10.6 Å². The standard InChI is InChI=1S/C20H14N6O4/c1-2-30-15-9-3-12(4-10-15)18-22-16(11-21)17-19(24-18)25(20(27)23-17)13-5-7-14(8-6-13)26(28)29/h3-10H,2H2,1H3,(H,23,27). The summed E-state index contributed by atoms with van der Waals surface area (Å²) < 4.78 is 6.68. The molecule has 0 bridgehead atoms. The molecule has 0 fully saturated rings. The predicted octanol–water partition coefficient (Wildman–Crippen LogP) is 2.95. The van der Waals surface area contributed by atoms with Crippen LogP contribution in [0.2, 0.25) is 0 Å². The third kappa shape index (κ3) is 3.24. The van der Waals surface area contributed by atoms with Gasteiger partial charge in [-0.25, -0.2) is 19.3 Å². The number of non-ortho nitro benzene ring substituents is 1. The number of imidazole rings is 1. The third-order valence-corrected chi connectivity index (χ3v) is 4.38. The van der Waals surface area contributed by atoms with Gasteiger partial charge in [0.1, 0.15) is 17.3 Å². The number of aromatic amines is 1. The molecule has 0 radical (unpaired) electrons. The molecule has 0 unspecified atom stereocenters. The fourth-order valence-corrected chi connectivity index (χ4v) is 3.02. The van der Waals surface area contributed by atoms with E-state index in [4.69, 9.17) is 4.74 Å². The Balaban J connectivity index is 1.89. The van der Waals surface area contributed by atoms with E-state index in [1.54, 1.807) is 24.3 Å². The van der Waals surface area contributed by atoms with Crippen molar-refractivity contribution in [2.24, 2.45) is 0 Å². The Morgan fingerprint density at radius 3 is 2.47 bits per heavy atom. The summed E-state index contributed by atoms with van der Waals surface area (Å²) in [6.45, 7) is 2.42. The van der Waals surface area contributed by atoms with Crippen molar-refractivity contribution in [1.29, 1.82) is 5.26 Å². The summed E-state index contributed by atoms with van der Waals surface area (Å²) in [4.78, 5) is 34.3. The fourth-order valence-electron chi connectivity index (χ4n) is 3.02. The average Bonchev–Trinajstić information content (AvgIpc) is 3.09. The van der Waals surface area contributed by atoms with Gasteiger partial charge < -0.3 is 9.72 Å². The first-order valence-electron chi connectivity index (χ1n) is 8.92. The summed E-state index contributed by atoms with van der Waals surface area (Å²) in [6.07, 6.45) is 0. The second-order valence-corrected chi connectivity index (χ2v) is 6.20. The Morgan fingerprint density at radius 2 is 1.87 bits per heavy atom. The van der Waals surface area contributed by atoms with Gasteiger partial charge in [-0.2, -0.15) is 5.26 Å². The Kier molecular flexibility index (Phi) is 4.69. The van der Waals surface area contributed by atoms with Crippen LogP contribution in [-0.2, 0) is 0 Å². The van der Waals surface area contributed by atoms with Gasteiger partial charge in [-0.05, 0) is 43.3 Å². The number of hydrogen-bond acceptors (Lipinski definition) is 7. The van der Waals surface area contributed by atoms with Crippen LogP contribution in [0.25, 0.3) is 28.2 Å². The molecule has 4 aromatic rings. The summed E-state index contributed by atoms with van der Waals surface area (Å²) in [6, 6.07) is 14.5. The number of hydrogen-bond donors (Lipinski definition) is 1. The second-order valence-electron chi connectivity index (χ2n) is 6.20. The summed E-state index contributed by atoms with van der Waals surface area (Å²) in [5.41, 5.74) is 0.780. The van der Waals surface area contributed by atoms with E-state index in [0.29, 0.717) is 23.6 Å². The molecule has 2 heterocycles. The van der Waals surface area contributed by atoms with Gasteiger partial charge in [0.25, 0.3) is 5.69 Å². The zero-order valence-electron chi connectivity index (χ0n) is 15.7. The van der Waals surface area contributed by atoms with Gasteiger partial charge in [0.15, 0.2) is 17.2 Å². The molecule has 4 rings (SSSR count). The van der Waals surface area contributed by atoms with Crippen LogP contribution in [0.5, 0.6) is 5.75 Å². The number of fused-ring (bicyclic) bond motifs is 1. The molecule has 0 saturated heterocycles. The molecule has 30 heavy (non-hydrogen) atoms. The van der Waals surface area contributed by atoms with Crippen molar-refractivity contribution in [3.63, 3.8) is 0 Å². The number of H-pyrrole nitrogens is 1. The lowest BCUT2D eigenvalue weighted by atomic mass is 10.2. The summed E-state index contributed by atoms with van der Waals surface area (Å²) in [7, 11) is 0. The Bertz CT molecular complexity index is 1350. The van der Waals surface area contributed by atoms with Gasteiger partial charge >= 0.3 is 5.69 Å². The Hall–Kier alpha value is -4.52. The first-order valence-corrected chi connectivity index (χ1v) is 8.92. The number of ether oxygens (including phenoxy) is 1. The van der Waals surface area contributed by atoms with E-state index in [1.165, 1.54) is 28.8 Å². The van der Waals surface area contributed by atoms with Crippen molar-refractivity contribution < 1.29 is 9.66 Å². The molecule has 10 nitrogen and oxygen atoms in total. The molecule has 2 aromatic carbocycles. The summed E-state index contributed by atoms with van der Waals surface area (Å²) >= 11 is 0. The molecule has 0 spiro atoms. The van der Waals surface area contributed by atoms with Crippen LogP contribution in [0.3, 0.4) is 0 Å². The summed E-state index contributed by atoms with van der Waals surface area (Å²) in [5.74, 6) is 0.948. The molecule has 2 aromatic heterocycles. The minimum atomic E-state index is -0.534. The van der Waals surface area contributed by atoms with Crippen LogP contribution in [0, 0.1) is 21.4 Å². The van der Waals surface area contributed by atoms with Crippen LogP contribution < -0.4 is 10.4 Å². The van der Waals surface area contributed by atoms with Crippen molar-refractivity contribution in [2.45, 2.75) is 6.92 Å². The third-order valence-electron chi connectivity index (χ3n) is 4.38. The first kappa shape index (κ1) is 18.8. The highest BCUT2D eigenvalue weighted by atomic mass is 16.6. The van der Waals surface area contributed by atoms with Crippen LogP contribution in [0.15, 0.2) is 53.3 Å². The van der Waals surface area contributed by atoms with Crippen molar-refractivity contribution in [3.05, 3.63) is 74.8 Å². The van der Waals surface area contributed by atoms with Crippen LogP contribution in [-0.4, -0.2) is 31.0 Å². The molecule has 10 heteroatoms. The SMILES string of the molecule is CCOc1ccc(-c2nc(C#N)c3[nH]c(=O)n(-c4ccc([N+](=O)[O-])cc4)c3n2)cc1. The minimum Gasteiger partial charge on any atom is -0.494 e. The van der Waals surface area contributed by atoms with Crippen molar-refractivity contribution in [1.82, 2.24) is 19.5 Å². The lowest BCUT2D eigenvalue weighted by Gasteiger charge is -2.06. The topological polar surface area (TPSA) is 140 Å². The maximum Gasteiger partial charge on any atom is 0.332 e. The van der Waals surface area contributed by atoms with E-state index in [2.05, 4.69) is 15.0 Å². The van der Waals surface area contributed by atoms with Crippen LogP contribution >= 0.6 is 0 Å². The minimum absolute atomic E-state index is 0.0154. The maximum absolute atomic E-state index is 12.6. The number of nitriles is 1. The normalized spacial score (nSPS) is 10.7. The molecule has 0 aliphatic heterocycles. The molecule has 0 aliphatic carbocycles. The second kappa shape index (κ2) is 7.48. The molecule has 0 atom stereocenters. The van der Waals surface area contributed by atoms with Gasteiger partial charge in [0.2, 0.25) is 0 Å². The quantitative estimate of drug-likeness (QED) is 0.400. The van der Waals surface area contributed by atoms with E-state index in [-0.39, 0.29) is 28.4 Å². The van der Waals surface area contributed by atoms with Gasteiger partial charge in [0, 0.05) is 17.7 Å². The highest BCUT2D eigenvalue weighted by Gasteiger charge is 2.18. The number of nitrogens with one attached hydrogen (secondary N) is 1. The molecule has 0 aliphatic rings. The molecule has 148 valence electrons. The van der Waals surface area contributed by atoms with Gasteiger partial charge in [0.05, 0.1) is 17.2 Å². The highest BCUT2D eigenvalue weighted by Crippen LogP contribution is 2.24. The maximum atomic E-state index is 12.6. The Labute approximate surface area is 169 Å². The first-order chi connectivity index (χ1) is 14.5. The number of nitro groups is 1. The lowest BCUT2D eigenvalue weighted by Crippen LogP contribution is -2.15. The van der Waals surface area contributed by atoms with Gasteiger partial charge in [-0.1, -0.05) is 0 Å². The van der Waals surface area contributed by atoms with Crippen molar-refractivity contribution in [2.75, 3.05) is 6.61 Å². The van der Waals surface area contributed by atoms with Gasteiger partial charge in [-0.15, -0.1) is 0 Å². The zero-order chi connectivity index (χ0) is 21.3. The number of nitro benzene ring substituents is 1. The van der Waals surface area contributed by atoms with Crippen molar-refractivity contribution in [3.8, 4) is 28.9 Å². The number of benzene rings is 2. The van der Waals surface area contributed by atoms with E-state index in [1.807, 2.05) is 13.0 Å². The van der Waals surface area contributed by atoms with E-state index in [9.17, 15) is 20.2 Å². The smallest absolute Gasteiger partial charge is 0.332 e. The largest absolute Gasteiger partial charge is 0.494 e. The fraction of sp³-hybridized carbons (Fsp3) is 0.100. The van der Waals surface area contributed by atoms with Gasteiger partial charge in [-0.3, -0.25) is 10.1 Å². The van der Waals surface area contributed by atoms with Crippen LogP contribution in [0.4, 0.5) is 5.69 Å². The lowest BCUT2D eigenvalue weighted by molar-refractivity contribution is -0.384. The number of aromatic nitrogens is 4.